The standard InChI is InChI=1S/C33H28FN5O4/c1-32(31(35)41)18-43-29-24(32)17-26(39-28(29)19-6-8-22(34)9-7-19)33(2,42)11-10-25(40)21-15-20-5-3-12-36-27(20)23(16-21)30-37-13-4-14-38-30/h3-9,12-17,42H,10-11,18H2,1-2H3,(H2,35,41)/t32-,33-/m0/s1. The number of aromatic nitrogens is 4. The van der Waals surface area contributed by atoms with Crippen LogP contribution in [0.5, 0.6) is 5.75 Å². The van der Waals surface area contributed by atoms with E-state index in [2.05, 4.69) is 15.0 Å². The van der Waals surface area contributed by atoms with E-state index in [4.69, 9.17) is 15.5 Å². The van der Waals surface area contributed by atoms with Gasteiger partial charge >= 0.3 is 0 Å². The number of fused-ring (bicyclic) bond motifs is 2. The van der Waals surface area contributed by atoms with Crippen LogP contribution in [0, 0.1) is 5.82 Å². The third-order valence-electron chi connectivity index (χ3n) is 7.96. The second-order valence-corrected chi connectivity index (χ2v) is 11.1. The number of benzene rings is 2. The molecule has 0 bridgehead atoms. The molecule has 43 heavy (non-hydrogen) atoms. The number of ketones is 1. The van der Waals surface area contributed by atoms with Crippen LogP contribution in [0.4, 0.5) is 4.39 Å². The Hall–Kier alpha value is -5.09. The molecule has 2 aromatic carbocycles. The van der Waals surface area contributed by atoms with E-state index in [9.17, 15) is 19.1 Å². The van der Waals surface area contributed by atoms with Gasteiger partial charge in [0.25, 0.3) is 0 Å². The number of hydrogen-bond acceptors (Lipinski definition) is 8. The van der Waals surface area contributed by atoms with Crippen LogP contribution in [0.25, 0.3) is 33.5 Å². The lowest BCUT2D eigenvalue weighted by atomic mass is 9.81. The number of amides is 1. The molecule has 9 nitrogen and oxygen atoms in total. The maximum atomic E-state index is 13.7. The maximum Gasteiger partial charge on any atom is 0.231 e. The van der Waals surface area contributed by atoms with Crippen LogP contribution < -0.4 is 10.5 Å². The van der Waals surface area contributed by atoms with Crippen LogP contribution in [0.1, 0.15) is 48.3 Å². The number of Topliss-reactive ketones (excluding diaryl/α,β-unsaturated/α-hetero) is 1. The molecule has 0 saturated heterocycles. The molecule has 2 atom stereocenters. The van der Waals surface area contributed by atoms with Crippen LogP contribution in [0.3, 0.4) is 0 Å². The Kier molecular flexibility index (Phi) is 6.94. The summed E-state index contributed by atoms with van der Waals surface area (Å²) in [5.41, 5.74) is 6.35. The van der Waals surface area contributed by atoms with Crippen LogP contribution in [0.15, 0.2) is 79.3 Å². The molecule has 0 unspecified atom stereocenters. The number of hydrogen-bond donors (Lipinski definition) is 2. The molecule has 3 N–H and O–H groups in total. The van der Waals surface area contributed by atoms with Crippen molar-refractivity contribution in [1.82, 2.24) is 19.9 Å². The van der Waals surface area contributed by atoms with Crippen molar-refractivity contribution in [2.45, 2.75) is 37.7 Å². The summed E-state index contributed by atoms with van der Waals surface area (Å²) in [6.45, 7) is 3.23. The lowest BCUT2D eigenvalue weighted by Crippen LogP contribution is -2.40. The summed E-state index contributed by atoms with van der Waals surface area (Å²) in [4.78, 5) is 43.9. The highest BCUT2D eigenvalue weighted by Crippen LogP contribution is 2.46. The fourth-order valence-corrected chi connectivity index (χ4v) is 5.26. The van der Waals surface area contributed by atoms with Crippen molar-refractivity contribution < 1.29 is 23.8 Å². The number of carbonyl (C=O) groups excluding carboxylic acids is 2. The van der Waals surface area contributed by atoms with Gasteiger partial charge in [-0.05, 0) is 74.9 Å². The second kappa shape index (κ2) is 10.6. The van der Waals surface area contributed by atoms with Crippen molar-refractivity contribution in [2.75, 3.05) is 6.61 Å². The highest BCUT2D eigenvalue weighted by molar-refractivity contribution is 6.03. The van der Waals surface area contributed by atoms with Crippen molar-refractivity contribution in [3.05, 3.63) is 102 Å². The fourth-order valence-electron chi connectivity index (χ4n) is 5.26. The third kappa shape index (κ3) is 5.10. The first-order valence-electron chi connectivity index (χ1n) is 13.7. The monoisotopic (exact) mass is 577 g/mol. The SMILES string of the molecule is C[C@](O)(CCC(=O)c1cc(-c2ncccn2)c2ncccc2c1)c1cc2c(c(-c3ccc(F)cc3)n1)OC[C@]2(C)C(N)=O. The van der Waals surface area contributed by atoms with Gasteiger partial charge in [-0.1, -0.05) is 6.07 Å². The molecule has 0 saturated carbocycles. The highest BCUT2D eigenvalue weighted by atomic mass is 19.1. The first-order chi connectivity index (χ1) is 20.6. The lowest BCUT2D eigenvalue weighted by molar-refractivity contribution is -0.123. The fraction of sp³-hybridized carbons (Fsp3) is 0.212. The molecule has 1 aliphatic rings. The van der Waals surface area contributed by atoms with Crippen LogP contribution in [-0.2, 0) is 15.8 Å². The Morgan fingerprint density at radius 2 is 1.77 bits per heavy atom. The number of carbonyl (C=O) groups is 2. The number of rotatable bonds is 8. The van der Waals surface area contributed by atoms with Crippen molar-refractivity contribution in [1.29, 1.82) is 0 Å². The number of ether oxygens (including phenoxy) is 1. The van der Waals surface area contributed by atoms with Crippen LogP contribution >= 0.6 is 0 Å². The van der Waals surface area contributed by atoms with E-state index in [1.807, 2.05) is 6.07 Å². The van der Waals surface area contributed by atoms with Crippen molar-refractivity contribution >= 4 is 22.6 Å². The molecule has 10 heteroatoms. The molecule has 0 fully saturated rings. The van der Waals surface area contributed by atoms with Gasteiger partial charge in [0, 0.05) is 52.7 Å². The number of aliphatic hydroxyl groups is 1. The number of nitrogens with two attached hydrogens (primary N) is 1. The summed E-state index contributed by atoms with van der Waals surface area (Å²) in [5, 5.41) is 12.4. The predicted octanol–water partition coefficient (Wildman–Crippen LogP) is 4.90. The van der Waals surface area contributed by atoms with Gasteiger partial charge in [-0.2, -0.15) is 0 Å². The molecule has 5 aromatic rings. The van der Waals surface area contributed by atoms with Gasteiger partial charge in [0.05, 0.1) is 11.2 Å². The quantitative estimate of drug-likeness (QED) is 0.248. The minimum atomic E-state index is -1.58. The first-order valence-corrected chi connectivity index (χ1v) is 13.7. The predicted molar refractivity (Wildman–Crippen MR) is 158 cm³/mol. The second-order valence-electron chi connectivity index (χ2n) is 11.1. The van der Waals surface area contributed by atoms with Gasteiger partial charge in [-0.15, -0.1) is 0 Å². The minimum Gasteiger partial charge on any atom is -0.489 e. The summed E-state index contributed by atoms with van der Waals surface area (Å²) >= 11 is 0. The van der Waals surface area contributed by atoms with E-state index in [1.165, 1.54) is 12.1 Å². The zero-order chi connectivity index (χ0) is 30.4. The van der Waals surface area contributed by atoms with E-state index in [-0.39, 0.29) is 30.9 Å². The molecule has 1 aliphatic heterocycles. The van der Waals surface area contributed by atoms with E-state index in [0.29, 0.717) is 45.0 Å². The van der Waals surface area contributed by atoms with Gasteiger partial charge in [0.1, 0.15) is 34.9 Å². The summed E-state index contributed by atoms with van der Waals surface area (Å²) < 4.78 is 19.6. The molecular formula is C33H28FN5O4. The minimum absolute atomic E-state index is 0.00189. The normalized spacial score (nSPS) is 17.2. The molecule has 0 spiro atoms. The molecule has 3 aromatic heterocycles. The zero-order valence-corrected chi connectivity index (χ0v) is 23.5. The lowest BCUT2D eigenvalue weighted by Gasteiger charge is -2.26. The zero-order valence-electron chi connectivity index (χ0n) is 23.5. The van der Waals surface area contributed by atoms with E-state index >= 15 is 0 Å². The molecule has 0 aliphatic carbocycles. The molecule has 6 rings (SSSR count). The molecule has 216 valence electrons. The summed E-state index contributed by atoms with van der Waals surface area (Å²) in [5.74, 6) is -0.413. The third-order valence-corrected chi connectivity index (χ3v) is 7.96. The highest BCUT2D eigenvalue weighted by Gasteiger charge is 2.45. The number of pyridine rings is 2. The van der Waals surface area contributed by atoms with Crippen LogP contribution in [-0.4, -0.2) is 43.3 Å². The first kappa shape index (κ1) is 28.0. The maximum absolute atomic E-state index is 13.7. The Labute approximate surface area is 246 Å². The van der Waals surface area contributed by atoms with Gasteiger partial charge in [0.15, 0.2) is 11.6 Å². The van der Waals surface area contributed by atoms with E-state index < -0.39 is 22.7 Å². The molecule has 0 radical (unpaired) electrons. The number of halogens is 1. The molecule has 4 heterocycles. The summed E-state index contributed by atoms with van der Waals surface area (Å²) in [7, 11) is 0. The Morgan fingerprint density at radius 3 is 2.49 bits per heavy atom. The smallest absolute Gasteiger partial charge is 0.231 e. The summed E-state index contributed by atoms with van der Waals surface area (Å²) in [6.07, 6.45) is 4.94. The Bertz CT molecular complexity index is 1880. The average Bonchev–Trinajstić information content (AvgIpc) is 3.37. The molecule has 1 amide bonds. The van der Waals surface area contributed by atoms with Crippen molar-refractivity contribution in [3.63, 3.8) is 0 Å². The van der Waals surface area contributed by atoms with E-state index in [1.54, 1.807) is 74.9 Å². The number of nitrogens with zero attached hydrogens (tertiary/aromatic N) is 4. The Morgan fingerprint density at radius 1 is 1.05 bits per heavy atom. The van der Waals surface area contributed by atoms with Gasteiger partial charge < -0.3 is 15.6 Å². The molecular weight excluding hydrogens is 549 g/mol. The largest absolute Gasteiger partial charge is 0.489 e. The van der Waals surface area contributed by atoms with Gasteiger partial charge in [-0.25, -0.2) is 19.3 Å². The topological polar surface area (TPSA) is 141 Å². The Balaban J connectivity index is 1.35. The van der Waals surface area contributed by atoms with Crippen molar-refractivity contribution in [2.24, 2.45) is 5.73 Å². The van der Waals surface area contributed by atoms with Crippen LogP contribution in [0.2, 0.25) is 0 Å². The number of primary amides is 1. The van der Waals surface area contributed by atoms with Crippen molar-refractivity contribution in [3.8, 4) is 28.4 Å². The van der Waals surface area contributed by atoms with Gasteiger partial charge in [0.2, 0.25) is 5.91 Å². The summed E-state index contributed by atoms with van der Waals surface area (Å²) in [6, 6.07) is 16.1. The van der Waals surface area contributed by atoms with Gasteiger partial charge in [-0.3, -0.25) is 14.6 Å². The van der Waals surface area contributed by atoms with E-state index in [0.717, 1.165) is 5.39 Å². The average molecular weight is 578 g/mol.